The second-order valence-corrected chi connectivity index (χ2v) is 11.1. The van der Waals surface area contributed by atoms with Crippen LogP contribution in [0.1, 0.15) is 44.6 Å². The van der Waals surface area contributed by atoms with Crippen LogP contribution < -0.4 is 5.32 Å². The number of methoxy groups -OCH3 is 1. The minimum absolute atomic E-state index is 0.287. The van der Waals surface area contributed by atoms with E-state index in [1.54, 1.807) is 23.1 Å². The van der Waals surface area contributed by atoms with Gasteiger partial charge in [-0.1, -0.05) is 112 Å². The predicted molar refractivity (Wildman–Crippen MR) is 161 cm³/mol. The van der Waals surface area contributed by atoms with Crippen LogP contribution in [0.5, 0.6) is 0 Å². The maximum atomic E-state index is 14.4. The number of halogens is 1. The summed E-state index contributed by atoms with van der Waals surface area (Å²) in [6.45, 7) is 2.29. The Morgan fingerprint density at radius 3 is 2.07 bits per heavy atom. The smallest absolute Gasteiger partial charge is 0.311 e. The van der Waals surface area contributed by atoms with E-state index >= 15 is 0 Å². The van der Waals surface area contributed by atoms with Crippen LogP contribution in [0.25, 0.3) is 0 Å². The summed E-state index contributed by atoms with van der Waals surface area (Å²) >= 11 is 3.47. The molecule has 208 valence electrons. The standard InChI is InChI=1S/C34H31BrN2O4/c1-22-16-18-23(19-17-22)21-36-32(38)31-28(24-10-5-3-6-11-24)29(34(40)41-2)30(25-12-7-4-8-13-25)37(31)33(39)26-14-9-15-27(35)20-26/h3-20,28-31H,21H2,1-2H3,(H,36,38). The van der Waals surface area contributed by atoms with E-state index < -0.39 is 29.9 Å². The van der Waals surface area contributed by atoms with Crippen molar-refractivity contribution in [3.8, 4) is 0 Å². The lowest BCUT2D eigenvalue weighted by Gasteiger charge is -2.31. The van der Waals surface area contributed by atoms with Crippen molar-refractivity contribution in [1.82, 2.24) is 10.2 Å². The van der Waals surface area contributed by atoms with Crippen molar-refractivity contribution in [3.05, 3.63) is 141 Å². The zero-order valence-corrected chi connectivity index (χ0v) is 24.5. The number of esters is 1. The molecule has 1 aliphatic rings. The highest BCUT2D eigenvalue weighted by Gasteiger charge is 2.58. The molecule has 4 aromatic rings. The molecule has 2 amide bonds. The van der Waals surface area contributed by atoms with Crippen molar-refractivity contribution in [1.29, 1.82) is 0 Å². The highest BCUT2D eigenvalue weighted by Crippen LogP contribution is 2.51. The Hall–Kier alpha value is -4.23. The summed E-state index contributed by atoms with van der Waals surface area (Å²) in [6, 6.07) is 32.1. The minimum atomic E-state index is -0.983. The van der Waals surface area contributed by atoms with E-state index in [1.165, 1.54) is 7.11 Å². The fourth-order valence-corrected chi connectivity index (χ4v) is 6.12. The molecule has 0 bridgehead atoms. The number of nitrogens with zero attached hydrogens (tertiary/aromatic N) is 1. The van der Waals surface area contributed by atoms with E-state index in [-0.39, 0.29) is 18.4 Å². The summed E-state index contributed by atoms with van der Waals surface area (Å²) in [5.41, 5.74) is 4.00. The molecule has 5 rings (SSSR count). The third-order valence-electron chi connectivity index (χ3n) is 7.63. The number of carbonyl (C=O) groups excluding carboxylic acids is 3. The van der Waals surface area contributed by atoms with Gasteiger partial charge in [0.25, 0.3) is 5.91 Å². The van der Waals surface area contributed by atoms with Crippen LogP contribution >= 0.6 is 15.9 Å². The average Bonchev–Trinajstić information content (AvgIpc) is 3.37. The van der Waals surface area contributed by atoms with Crippen LogP contribution in [0, 0.1) is 12.8 Å². The van der Waals surface area contributed by atoms with Crippen LogP contribution in [-0.4, -0.2) is 35.8 Å². The van der Waals surface area contributed by atoms with Gasteiger partial charge in [0.1, 0.15) is 6.04 Å². The number of likely N-dealkylation sites (tertiary alicyclic amines) is 1. The van der Waals surface area contributed by atoms with Crippen LogP contribution in [-0.2, 0) is 20.9 Å². The van der Waals surface area contributed by atoms with Gasteiger partial charge in [-0.15, -0.1) is 0 Å². The number of amides is 2. The number of ether oxygens (including phenoxy) is 1. The Kier molecular flexibility index (Phi) is 8.64. The number of benzene rings is 4. The Bertz CT molecular complexity index is 1530. The Morgan fingerprint density at radius 1 is 0.829 bits per heavy atom. The number of nitrogens with one attached hydrogen (secondary N) is 1. The molecule has 6 nitrogen and oxygen atoms in total. The van der Waals surface area contributed by atoms with Crippen molar-refractivity contribution in [3.63, 3.8) is 0 Å². The Balaban J connectivity index is 1.67. The van der Waals surface area contributed by atoms with Crippen molar-refractivity contribution < 1.29 is 19.1 Å². The summed E-state index contributed by atoms with van der Waals surface area (Å²) in [5, 5.41) is 3.06. The topological polar surface area (TPSA) is 75.7 Å². The number of hydrogen-bond acceptors (Lipinski definition) is 4. The second-order valence-electron chi connectivity index (χ2n) is 10.2. The first kappa shape index (κ1) is 28.3. The van der Waals surface area contributed by atoms with Gasteiger partial charge >= 0.3 is 5.97 Å². The molecule has 1 fully saturated rings. The normalized spacial score (nSPS) is 19.9. The first-order valence-corrected chi connectivity index (χ1v) is 14.3. The van der Waals surface area contributed by atoms with Gasteiger partial charge in [0.15, 0.2) is 0 Å². The largest absolute Gasteiger partial charge is 0.469 e. The molecule has 0 aromatic heterocycles. The molecule has 7 heteroatoms. The molecule has 1 heterocycles. The quantitative estimate of drug-likeness (QED) is 0.252. The SMILES string of the molecule is COC(=O)C1C(c2ccccc2)C(C(=O)NCc2ccc(C)cc2)N(C(=O)c2cccc(Br)c2)C1c1ccccc1. The van der Waals surface area contributed by atoms with E-state index in [1.807, 2.05) is 97.9 Å². The third kappa shape index (κ3) is 5.95. The minimum Gasteiger partial charge on any atom is -0.469 e. The van der Waals surface area contributed by atoms with Gasteiger partial charge in [-0.05, 0) is 41.8 Å². The zero-order chi connectivity index (χ0) is 28.9. The fourth-order valence-electron chi connectivity index (χ4n) is 5.72. The van der Waals surface area contributed by atoms with Crippen molar-refractivity contribution >= 4 is 33.7 Å². The van der Waals surface area contributed by atoms with Gasteiger partial charge in [0.2, 0.25) is 5.91 Å². The van der Waals surface area contributed by atoms with Crippen molar-refractivity contribution in [2.75, 3.05) is 7.11 Å². The molecule has 41 heavy (non-hydrogen) atoms. The number of rotatable bonds is 7. The molecule has 1 aliphatic heterocycles. The second kappa shape index (κ2) is 12.5. The summed E-state index contributed by atoms with van der Waals surface area (Å²) in [4.78, 5) is 43.9. The maximum Gasteiger partial charge on any atom is 0.311 e. The lowest BCUT2D eigenvalue weighted by Crippen LogP contribution is -2.48. The third-order valence-corrected chi connectivity index (χ3v) is 8.12. The van der Waals surface area contributed by atoms with E-state index in [0.717, 1.165) is 26.7 Å². The molecule has 1 N–H and O–H groups in total. The summed E-state index contributed by atoms with van der Waals surface area (Å²) in [6.07, 6.45) is 0. The first-order chi connectivity index (χ1) is 19.9. The number of carbonyl (C=O) groups is 3. The molecule has 4 atom stereocenters. The van der Waals surface area contributed by atoms with Gasteiger partial charge in [-0.3, -0.25) is 14.4 Å². The molecule has 1 saturated heterocycles. The Labute approximate surface area is 248 Å². The molecule has 4 aromatic carbocycles. The highest BCUT2D eigenvalue weighted by atomic mass is 79.9. The molecule has 0 aliphatic carbocycles. The van der Waals surface area contributed by atoms with Crippen LogP contribution in [0.2, 0.25) is 0 Å². The lowest BCUT2D eigenvalue weighted by atomic mass is 9.80. The van der Waals surface area contributed by atoms with Crippen molar-refractivity contribution in [2.24, 2.45) is 5.92 Å². The van der Waals surface area contributed by atoms with Gasteiger partial charge in [0, 0.05) is 22.5 Å². The summed E-state index contributed by atoms with van der Waals surface area (Å²) < 4.78 is 6.08. The van der Waals surface area contributed by atoms with Crippen molar-refractivity contribution in [2.45, 2.75) is 31.5 Å². The molecule has 0 saturated carbocycles. The highest BCUT2D eigenvalue weighted by molar-refractivity contribution is 9.10. The molecule has 0 radical (unpaired) electrons. The van der Waals surface area contributed by atoms with E-state index in [4.69, 9.17) is 4.74 Å². The van der Waals surface area contributed by atoms with E-state index in [0.29, 0.717) is 5.56 Å². The fraction of sp³-hybridized carbons (Fsp3) is 0.206. The van der Waals surface area contributed by atoms with Gasteiger partial charge in [0.05, 0.1) is 19.1 Å². The number of hydrogen-bond donors (Lipinski definition) is 1. The maximum absolute atomic E-state index is 14.4. The molecular formula is C34H31BrN2O4. The number of aryl methyl sites for hydroxylation is 1. The van der Waals surface area contributed by atoms with Crippen LogP contribution in [0.15, 0.2) is 114 Å². The first-order valence-electron chi connectivity index (χ1n) is 13.5. The molecular weight excluding hydrogens is 580 g/mol. The van der Waals surface area contributed by atoms with E-state index in [2.05, 4.69) is 21.2 Å². The predicted octanol–water partition coefficient (Wildman–Crippen LogP) is 6.21. The molecule has 0 spiro atoms. The Morgan fingerprint density at radius 2 is 1.46 bits per heavy atom. The van der Waals surface area contributed by atoms with Gasteiger partial charge in [-0.25, -0.2) is 0 Å². The average molecular weight is 612 g/mol. The lowest BCUT2D eigenvalue weighted by molar-refractivity contribution is -0.146. The van der Waals surface area contributed by atoms with Gasteiger partial charge < -0.3 is 15.0 Å². The summed E-state index contributed by atoms with van der Waals surface area (Å²) in [7, 11) is 1.34. The molecule has 4 unspecified atom stereocenters. The van der Waals surface area contributed by atoms with Crippen LogP contribution in [0.4, 0.5) is 0 Å². The van der Waals surface area contributed by atoms with E-state index in [9.17, 15) is 14.4 Å². The van der Waals surface area contributed by atoms with Gasteiger partial charge in [-0.2, -0.15) is 0 Å². The van der Waals surface area contributed by atoms with Crippen LogP contribution in [0.3, 0.4) is 0 Å². The zero-order valence-electron chi connectivity index (χ0n) is 22.9. The summed E-state index contributed by atoms with van der Waals surface area (Å²) in [5.74, 6) is -2.63. The monoisotopic (exact) mass is 610 g/mol.